The number of carbonyl (C=O) groups excluding carboxylic acids is 1. The van der Waals surface area contributed by atoms with E-state index in [2.05, 4.69) is 0 Å². The van der Waals surface area contributed by atoms with Crippen molar-refractivity contribution in [3.8, 4) is 11.5 Å². The van der Waals surface area contributed by atoms with Crippen LogP contribution < -0.4 is 9.47 Å². The van der Waals surface area contributed by atoms with Crippen LogP contribution in [0.25, 0.3) is 6.08 Å². The van der Waals surface area contributed by atoms with Gasteiger partial charge in [-0.2, -0.15) is 0 Å². The molecular weight excluding hydrogens is 274 g/mol. The molecule has 1 rings (SSSR count). The van der Waals surface area contributed by atoms with Gasteiger partial charge in [0.15, 0.2) is 0 Å². The van der Waals surface area contributed by atoms with E-state index in [4.69, 9.17) is 14.6 Å². The summed E-state index contributed by atoms with van der Waals surface area (Å²) in [4.78, 5) is 23.7. The molecule has 114 valence electrons. The van der Waals surface area contributed by atoms with Crippen molar-refractivity contribution in [2.24, 2.45) is 0 Å². The molecule has 1 amide bonds. The minimum Gasteiger partial charge on any atom is -0.497 e. The third-order valence-corrected chi connectivity index (χ3v) is 2.88. The third kappa shape index (κ3) is 5.18. The quantitative estimate of drug-likeness (QED) is 0.774. The second kappa shape index (κ2) is 7.94. The number of hydrogen-bond donors (Lipinski definition) is 1. The lowest BCUT2D eigenvalue weighted by molar-refractivity contribution is -0.137. The summed E-state index contributed by atoms with van der Waals surface area (Å²) in [6, 6.07) is 5.26. The minimum atomic E-state index is -0.937. The highest BCUT2D eigenvalue weighted by Gasteiger charge is 2.08. The first-order valence-electron chi connectivity index (χ1n) is 6.35. The average Bonchev–Trinajstić information content (AvgIpc) is 2.49. The number of carboxylic acids is 1. The van der Waals surface area contributed by atoms with Crippen LogP contribution in [0.15, 0.2) is 24.3 Å². The van der Waals surface area contributed by atoms with Gasteiger partial charge in [-0.3, -0.25) is 9.59 Å². The number of amides is 1. The number of ether oxygens (including phenoxy) is 2. The molecule has 1 aromatic rings. The number of nitrogens with zero attached hydrogens (tertiary/aromatic N) is 1. The molecule has 6 heteroatoms. The van der Waals surface area contributed by atoms with E-state index in [1.807, 2.05) is 0 Å². The van der Waals surface area contributed by atoms with E-state index in [1.165, 1.54) is 11.0 Å². The van der Waals surface area contributed by atoms with Crippen LogP contribution in [0.1, 0.15) is 12.0 Å². The molecule has 0 unspecified atom stereocenters. The molecule has 0 heterocycles. The molecule has 0 aliphatic heterocycles. The van der Waals surface area contributed by atoms with Gasteiger partial charge in [-0.15, -0.1) is 0 Å². The van der Waals surface area contributed by atoms with Crippen LogP contribution in [0.4, 0.5) is 0 Å². The van der Waals surface area contributed by atoms with Crippen LogP contribution in [-0.4, -0.2) is 49.7 Å². The van der Waals surface area contributed by atoms with Gasteiger partial charge in [-0.1, -0.05) is 0 Å². The smallest absolute Gasteiger partial charge is 0.305 e. The molecule has 0 fully saturated rings. The first-order valence-corrected chi connectivity index (χ1v) is 6.35. The van der Waals surface area contributed by atoms with Crippen molar-refractivity contribution >= 4 is 18.0 Å². The van der Waals surface area contributed by atoms with Crippen molar-refractivity contribution in [3.05, 3.63) is 29.8 Å². The Morgan fingerprint density at radius 1 is 1.29 bits per heavy atom. The molecule has 0 saturated carbocycles. The van der Waals surface area contributed by atoms with E-state index >= 15 is 0 Å². The molecule has 0 radical (unpaired) electrons. The SMILES string of the molecule is COc1ccc(OC)c(/C=C/C(=O)N(C)CCC(=O)O)c1. The van der Waals surface area contributed by atoms with E-state index in [-0.39, 0.29) is 18.9 Å². The highest BCUT2D eigenvalue weighted by Crippen LogP contribution is 2.25. The maximum atomic E-state index is 11.9. The lowest BCUT2D eigenvalue weighted by Crippen LogP contribution is -2.27. The number of methoxy groups -OCH3 is 2. The maximum absolute atomic E-state index is 11.9. The highest BCUT2D eigenvalue weighted by atomic mass is 16.5. The van der Waals surface area contributed by atoms with Gasteiger partial charge in [0.2, 0.25) is 5.91 Å². The monoisotopic (exact) mass is 293 g/mol. The molecule has 1 N–H and O–H groups in total. The second-order valence-corrected chi connectivity index (χ2v) is 4.34. The minimum absolute atomic E-state index is 0.0848. The molecule has 0 atom stereocenters. The molecule has 0 aliphatic rings. The Balaban J connectivity index is 2.79. The van der Waals surface area contributed by atoms with Crippen molar-refractivity contribution in [1.82, 2.24) is 4.90 Å². The number of hydrogen-bond acceptors (Lipinski definition) is 4. The fourth-order valence-electron chi connectivity index (χ4n) is 1.63. The van der Waals surface area contributed by atoms with E-state index in [0.717, 1.165) is 0 Å². The molecule has 0 saturated heterocycles. The molecule has 0 aliphatic carbocycles. The third-order valence-electron chi connectivity index (χ3n) is 2.88. The Labute approximate surface area is 123 Å². The van der Waals surface area contributed by atoms with Crippen molar-refractivity contribution in [1.29, 1.82) is 0 Å². The van der Waals surface area contributed by atoms with Crippen molar-refractivity contribution < 1.29 is 24.2 Å². The van der Waals surface area contributed by atoms with Crippen LogP contribution in [0, 0.1) is 0 Å². The standard InChI is InChI=1S/C15H19NO5/c1-16(9-8-15(18)19)14(17)7-4-11-10-12(20-2)5-6-13(11)21-3/h4-7,10H,8-9H2,1-3H3,(H,18,19)/b7-4+. The van der Waals surface area contributed by atoms with E-state index in [9.17, 15) is 9.59 Å². The van der Waals surface area contributed by atoms with Gasteiger partial charge in [-0.25, -0.2) is 0 Å². The largest absolute Gasteiger partial charge is 0.497 e. The Morgan fingerprint density at radius 3 is 2.57 bits per heavy atom. The van der Waals surface area contributed by atoms with Gasteiger partial charge in [-0.05, 0) is 24.3 Å². The van der Waals surface area contributed by atoms with E-state index in [0.29, 0.717) is 17.1 Å². The lowest BCUT2D eigenvalue weighted by atomic mass is 10.1. The van der Waals surface area contributed by atoms with Gasteiger partial charge in [0.05, 0.1) is 20.6 Å². The fraction of sp³-hybridized carbons (Fsp3) is 0.333. The van der Waals surface area contributed by atoms with Crippen molar-refractivity contribution in [2.75, 3.05) is 27.8 Å². The first kappa shape index (κ1) is 16.6. The Hall–Kier alpha value is -2.50. The Morgan fingerprint density at radius 2 is 2.00 bits per heavy atom. The van der Waals surface area contributed by atoms with Gasteiger partial charge in [0.1, 0.15) is 11.5 Å². The number of benzene rings is 1. The average molecular weight is 293 g/mol. The second-order valence-electron chi connectivity index (χ2n) is 4.34. The number of likely N-dealkylation sites (N-methyl/N-ethyl adjacent to an activating group) is 1. The highest BCUT2D eigenvalue weighted by molar-refractivity contribution is 5.92. The topological polar surface area (TPSA) is 76.1 Å². The summed E-state index contributed by atoms with van der Waals surface area (Å²) in [6.07, 6.45) is 2.90. The van der Waals surface area contributed by atoms with Crippen molar-refractivity contribution in [2.45, 2.75) is 6.42 Å². The van der Waals surface area contributed by atoms with Crippen LogP contribution in [0.3, 0.4) is 0 Å². The molecule has 0 spiro atoms. The molecular formula is C15H19NO5. The summed E-state index contributed by atoms with van der Waals surface area (Å²) in [5, 5.41) is 8.59. The number of carbonyl (C=O) groups is 2. The van der Waals surface area contributed by atoms with Crippen LogP contribution in [0.5, 0.6) is 11.5 Å². The zero-order valence-electron chi connectivity index (χ0n) is 12.3. The normalized spacial score (nSPS) is 10.4. The summed E-state index contributed by atoms with van der Waals surface area (Å²) in [5.74, 6) is 0.0596. The summed E-state index contributed by atoms with van der Waals surface area (Å²) in [5.41, 5.74) is 0.705. The Bertz CT molecular complexity index is 539. The number of carboxylic acid groups (broad SMARTS) is 1. The first-order chi connectivity index (χ1) is 9.97. The molecule has 1 aromatic carbocycles. The van der Waals surface area contributed by atoms with E-state index in [1.54, 1.807) is 45.5 Å². The van der Waals surface area contributed by atoms with Crippen molar-refractivity contribution in [3.63, 3.8) is 0 Å². The summed E-state index contributed by atoms with van der Waals surface area (Å²) < 4.78 is 10.3. The number of aliphatic carboxylic acids is 1. The van der Waals surface area contributed by atoms with Crippen LogP contribution >= 0.6 is 0 Å². The van der Waals surface area contributed by atoms with Gasteiger partial charge < -0.3 is 19.5 Å². The zero-order chi connectivity index (χ0) is 15.8. The predicted molar refractivity (Wildman–Crippen MR) is 78.5 cm³/mol. The maximum Gasteiger partial charge on any atom is 0.305 e. The number of rotatable bonds is 7. The predicted octanol–water partition coefficient (Wildman–Crippen LogP) is 1.65. The van der Waals surface area contributed by atoms with Crippen LogP contribution in [0.2, 0.25) is 0 Å². The Kier molecular flexibility index (Phi) is 6.26. The summed E-state index contributed by atoms with van der Waals surface area (Å²) in [6.45, 7) is 0.160. The zero-order valence-corrected chi connectivity index (χ0v) is 12.3. The molecule has 0 bridgehead atoms. The van der Waals surface area contributed by atoms with Gasteiger partial charge in [0.25, 0.3) is 0 Å². The van der Waals surface area contributed by atoms with Gasteiger partial charge >= 0.3 is 5.97 Å². The van der Waals surface area contributed by atoms with E-state index < -0.39 is 5.97 Å². The van der Waals surface area contributed by atoms with Crippen LogP contribution in [-0.2, 0) is 9.59 Å². The molecule has 21 heavy (non-hydrogen) atoms. The fourth-order valence-corrected chi connectivity index (χ4v) is 1.63. The molecule has 6 nitrogen and oxygen atoms in total. The van der Waals surface area contributed by atoms with Gasteiger partial charge in [0, 0.05) is 25.2 Å². The summed E-state index contributed by atoms with van der Waals surface area (Å²) in [7, 11) is 4.65. The molecule has 0 aromatic heterocycles. The summed E-state index contributed by atoms with van der Waals surface area (Å²) >= 11 is 0. The lowest BCUT2D eigenvalue weighted by Gasteiger charge is -2.13.